The minimum Gasteiger partial charge on any atom is -0.376 e. The van der Waals surface area contributed by atoms with Gasteiger partial charge in [-0.2, -0.15) is 47.9 Å². The molecule has 0 saturated heterocycles. The molecular formula is C22H19F9N2O6S. The third kappa shape index (κ3) is 8.48. The van der Waals surface area contributed by atoms with E-state index in [1.54, 1.807) is 0 Å². The summed E-state index contributed by atoms with van der Waals surface area (Å²) in [6, 6.07) is 8.14. The average Bonchev–Trinajstić information content (AvgIpc) is 2.78. The van der Waals surface area contributed by atoms with Gasteiger partial charge in [-0.15, -0.1) is 0 Å². The number of carbonyl (C=O) groups is 2. The van der Waals surface area contributed by atoms with Crippen molar-refractivity contribution in [2.45, 2.75) is 44.4 Å². The number of alkyl halides is 9. The van der Waals surface area contributed by atoms with Crippen molar-refractivity contribution in [3.63, 3.8) is 0 Å². The first-order valence-electron chi connectivity index (χ1n) is 10.6. The quantitative estimate of drug-likeness (QED) is 0.167. The summed E-state index contributed by atoms with van der Waals surface area (Å²) < 4.78 is 143. The summed E-state index contributed by atoms with van der Waals surface area (Å²) >= 11 is 0. The van der Waals surface area contributed by atoms with E-state index < -0.39 is 63.7 Å². The van der Waals surface area contributed by atoms with Crippen LogP contribution >= 0.6 is 0 Å². The molecule has 8 nitrogen and oxygen atoms in total. The number of benzene rings is 2. The third-order valence-electron chi connectivity index (χ3n) is 4.96. The zero-order chi connectivity index (χ0) is 30.7. The highest BCUT2D eigenvalue weighted by atomic mass is 32.2. The predicted octanol–water partition coefficient (Wildman–Crippen LogP) is 5.53. The maximum Gasteiger partial charge on any atom is 0.534 e. The summed E-state index contributed by atoms with van der Waals surface area (Å²) in [7, 11) is -5.91. The monoisotopic (exact) mass is 610 g/mol. The van der Waals surface area contributed by atoms with E-state index in [9.17, 15) is 57.5 Å². The molecule has 0 saturated carbocycles. The Morgan fingerprint density at radius 3 is 1.52 bits per heavy atom. The maximum atomic E-state index is 12.7. The van der Waals surface area contributed by atoms with Gasteiger partial charge in [0, 0.05) is 11.4 Å². The minimum atomic E-state index is -5.91. The van der Waals surface area contributed by atoms with Crippen molar-refractivity contribution in [3.8, 4) is 5.75 Å². The number of amides is 2. The molecule has 0 bridgehead atoms. The zero-order valence-corrected chi connectivity index (χ0v) is 21.0. The summed E-state index contributed by atoms with van der Waals surface area (Å²) in [5.41, 5.74) is -7.53. The molecule has 0 aromatic heterocycles. The summed E-state index contributed by atoms with van der Waals surface area (Å²) in [4.78, 5) is 25.3. The lowest BCUT2D eigenvalue weighted by molar-refractivity contribution is -0.324. The first kappa shape index (κ1) is 32.7. The van der Waals surface area contributed by atoms with Gasteiger partial charge in [0.05, 0.1) is 6.61 Å². The minimum absolute atomic E-state index is 0.0326. The second-order valence-electron chi connectivity index (χ2n) is 8.51. The van der Waals surface area contributed by atoms with Crippen molar-refractivity contribution in [1.29, 1.82) is 0 Å². The number of halogens is 9. The Hall–Kier alpha value is -3.54. The second kappa shape index (κ2) is 11.5. The Bertz CT molecular complexity index is 1290. The first-order valence-corrected chi connectivity index (χ1v) is 12.0. The molecule has 2 aromatic carbocycles. The summed E-state index contributed by atoms with van der Waals surface area (Å²) in [6.07, 6.45) is -15.3. The average molecular weight is 610 g/mol. The van der Waals surface area contributed by atoms with Crippen molar-refractivity contribution in [2.24, 2.45) is 5.41 Å². The van der Waals surface area contributed by atoms with Gasteiger partial charge in [-0.25, -0.2) is 0 Å². The molecule has 18 heteroatoms. The first-order chi connectivity index (χ1) is 18.0. The molecular weight excluding hydrogens is 591 g/mol. The van der Waals surface area contributed by atoms with E-state index in [1.165, 1.54) is 13.8 Å². The highest BCUT2D eigenvalue weighted by molar-refractivity contribution is 7.88. The van der Waals surface area contributed by atoms with Gasteiger partial charge in [0.15, 0.2) is 0 Å². The predicted molar refractivity (Wildman–Crippen MR) is 120 cm³/mol. The largest absolute Gasteiger partial charge is 0.534 e. The van der Waals surface area contributed by atoms with Gasteiger partial charge in [-0.05, 0) is 55.8 Å². The van der Waals surface area contributed by atoms with Crippen LogP contribution in [0.3, 0.4) is 0 Å². The van der Waals surface area contributed by atoms with Crippen molar-refractivity contribution < 1.29 is 66.4 Å². The number of hydrogen-bond acceptors (Lipinski definition) is 6. The topological polar surface area (TPSA) is 111 Å². The van der Waals surface area contributed by atoms with Gasteiger partial charge >= 0.3 is 28.0 Å². The number of anilines is 2. The molecule has 0 unspecified atom stereocenters. The molecule has 2 amide bonds. The molecule has 222 valence electrons. The molecule has 0 atom stereocenters. The molecule has 40 heavy (non-hydrogen) atoms. The number of rotatable bonds is 9. The molecule has 0 spiro atoms. The lowest BCUT2D eigenvalue weighted by atomic mass is 9.90. The zero-order valence-electron chi connectivity index (χ0n) is 20.2. The van der Waals surface area contributed by atoms with Crippen LogP contribution in [0, 0.1) is 5.41 Å². The fourth-order valence-corrected chi connectivity index (χ4v) is 3.14. The van der Waals surface area contributed by atoms with Gasteiger partial charge < -0.3 is 19.6 Å². The number of carbonyl (C=O) groups excluding carboxylic acids is 2. The fourth-order valence-electron chi connectivity index (χ4n) is 2.68. The molecule has 0 heterocycles. The summed E-state index contributed by atoms with van der Waals surface area (Å²) in [5.74, 6) is -2.50. The number of ether oxygens (including phenoxy) is 1. The van der Waals surface area contributed by atoms with Crippen LogP contribution in [0.4, 0.5) is 50.9 Å². The van der Waals surface area contributed by atoms with Gasteiger partial charge in [0.1, 0.15) is 11.2 Å². The van der Waals surface area contributed by atoms with Crippen molar-refractivity contribution in [3.05, 3.63) is 54.1 Å². The van der Waals surface area contributed by atoms with Gasteiger partial charge in [-0.1, -0.05) is 12.1 Å². The van der Waals surface area contributed by atoms with E-state index in [0.717, 1.165) is 48.5 Å². The highest BCUT2D eigenvalue weighted by Crippen LogP contribution is 2.36. The van der Waals surface area contributed by atoms with Gasteiger partial charge in [0.25, 0.3) is 0 Å². The molecule has 0 radical (unpaired) electrons. The number of nitrogens with one attached hydrogen (secondary N) is 2. The van der Waals surface area contributed by atoms with Crippen LogP contribution < -0.4 is 14.8 Å². The van der Waals surface area contributed by atoms with E-state index >= 15 is 0 Å². The van der Waals surface area contributed by atoms with Crippen LogP contribution in [0.2, 0.25) is 0 Å². The maximum absolute atomic E-state index is 12.7. The molecule has 0 aliphatic heterocycles. The normalized spacial score (nSPS) is 13.2. The van der Waals surface area contributed by atoms with Crippen LogP contribution in [0.1, 0.15) is 19.4 Å². The molecule has 2 N–H and O–H groups in total. The standard InChI is InChI=1S/C22H19F9N2O6S/c1-19(2,18(35)33-14-7-9-15(10-8-14)39-40(36,37)22(29,30)31)17(34)32-13-5-3-12(4-6-13)11-38-16(20(23,24)25)21(26,27)28/h3-10,16H,11H2,1-2H3,(H,32,34)(H,33,35). The Morgan fingerprint density at radius 2 is 1.15 bits per heavy atom. The molecule has 0 aliphatic carbocycles. The molecule has 0 fully saturated rings. The lowest BCUT2D eigenvalue weighted by Crippen LogP contribution is -2.44. The summed E-state index contributed by atoms with van der Waals surface area (Å²) in [5, 5.41) is 4.65. The Labute approximate surface area is 220 Å². The fraction of sp³-hybridized carbons (Fsp3) is 0.364. The van der Waals surface area contributed by atoms with E-state index in [1.807, 2.05) is 0 Å². The Balaban J connectivity index is 2.00. The van der Waals surface area contributed by atoms with E-state index in [-0.39, 0.29) is 16.9 Å². The van der Waals surface area contributed by atoms with Crippen LogP contribution in [0.25, 0.3) is 0 Å². The van der Waals surface area contributed by atoms with Crippen molar-refractivity contribution in [2.75, 3.05) is 10.6 Å². The number of hydrogen-bond donors (Lipinski definition) is 2. The van der Waals surface area contributed by atoms with Gasteiger partial charge in [-0.3, -0.25) is 9.59 Å². The van der Waals surface area contributed by atoms with Crippen LogP contribution in [0.15, 0.2) is 48.5 Å². The van der Waals surface area contributed by atoms with E-state index in [4.69, 9.17) is 0 Å². The van der Waals surface area contributed by atoms with Crippen LogP contribution in [-0.4, -0.2) is 44.2 Å². The summed E-state index contributed by atoms with van der Waals surface area (Å²) in [6.45, 7) is 1.35. The third-order valence-corrected chi connectivity index (χ3v) is 5.94. The smallest absolute Gasteiger partial charge is 0.376 e. The molecule has 2 aromatic rings. The molecule has 0 aliphatic rings. The van der Waals surface area contributed by atoms with Gasteiger partial charge in [0.2, 0.25) is 17.9 Å². The Kier molecular flexibility index (Phi) is 9.41. The SMILES string of the molecule is CC(C)(C(=O)Nc1ccc(COC(C(F)(F)F)C(F)(F)F)cc1)C(=O)Nc1ccc(OS(=O)(=O)C(F)(F)F)cc1. The van der Waals surface area contributed by atoms with E-state index in [2.05, 4.69) is 19.6 Å². The van der Waals surface area contributed by atoms with Crippen LogP contribution in [-0.2, 0) is 31.1 Å². The molecule has 2 rings (SSSR count). The highest BCUT2D eigenvalue weighted by Gasteiger charge is 2.58. The van der Waals surface area contributed by atoms with E-state index in [0.29, 0.717) is 0 Å². The van der Waals surface area contributed by atoms with Crippen molar-refractivity contribution in [1.82, 2.24) is 0 Å². The lowest BCUT2D eigenvalue weighted by Gasteiger charge is -2.23. The Morgan fingerprint density at radius 1 is 0.750 bits per heavy atom. The van der Waals surface area contributed by atoms with Crippen molar-refractivity contribution >= 4 is 33.3 Å². The second-order valence-corrected chi connectivity index (χ2v) is 10.0. The van der Waals surface area contributed by atoms with Crippen LogP contribution in [0.5, 0.6) is 5.75 Å².